The first-order valence-electron chi connectivity index (χ1n) is 8.34. The highest BCUT2D eigenvalue weighted by atomic mass is 32.2. The Morgan fingerprint density at radius 3 is 2.71 bits per heavy atom. The Morgan fingerprint density at radius 2 is 2.12 bits per heavy atom. The Morgan fingerprint density at radius 1 is 1.38 bits per heavy atom. The monoisotopic (exact) mass is 352 g/mol. The SMILES string of the molecule is CN(CC(=O)Nc1ccc(N2CCCC2)nc1)[C@H]1CCS(=O)(=O)C1. The summed E-state index contributed by atoms with van der Waals surface area (Å²) in [6, 6.07) is 3.71. The van der Waals surface area contributed by atoms with E-state index in [1.165, 1.54) is 12.8 Å². The minimum Gasteiger partial charge on any atom is -0.357 e. The maximum atomic E-state index is 12.1. The molecular formula is C16H24N4O3S. The van der Waals surface area contributed by atoms with Crippen molar-refractivity contribution >= 4 is 27.2 Å². The minimum absolute atomic E-state index is 0.0728. The lowest BCUT2D eigenvalue weighted by Gasteiger charge is -2.22. The zero-order chi connectivity index (χ0) is 17.2. The van der Waals surface area contributed by atoms with Gasteiger partial charge in [0.1, 0.15) is 5.82 Å². The van der Waals surface area contributed by atoms with E-state index in [2.05, 4.69) is 15.2 Å². The summed E-state index contributed by atoms with van der Waals surface area (Å²) < 4.78 is 23.0. The van der Waals surface area contributed by atoms with Crippen molar-refractivity contribution in [1.29, 1.82) is 0 Å². The summed E-state index contributed by atoms with van der Waals surface area (Å²) >= 11 is 0. The number of carbonyl (C=O) groups is 1. The molecule has 3 heterocycles. The molecule has 2 saturated heterocycles. The van der Waals surface area contributed by atoms with Crippen molar-refractivity contribution in [2.75, 3.05) is 48.4 Å². The van der Waals surface area contributed by atoms with Gasteiger partial charge in [-0.2, -0.15) is 0 Å². The van der Waals surface area contributed by atoms with Gasteiger partial charge in [0.2, 0.25) is 5.91 Å². The molecule has 1 atom stereocenters. The fourth-order valence-electron chi connectivity index (χ4n) is 3.27. The van der Waals surface area contributed by atoms with Gasteiger partial charge in [-0.05, 0) is 38.4 Å². The van der Waals surface area contributed by atoms with Crippen molar-refractivity contribution in [1.82, 2.24) is 9.88 Å². The van der Waals surface area contributed by atoms with E-state index >= 15 is 0 Å². The molecule has 0 bridgehead atoms. The van der Waals surface area contributed by atoms with Gasteiger partial charge < -0.3 is 10.2 Å². The van der Waals surface area contributed by atoms with Gasteiger partial charge in [-0.3, -0.25) is 9.69 Å². The fraction of sp³-hybridized carbons (Fsp3) is 0.625. The van der Waals surface area contributed by atoms with Crippen LogP contribution < -0.4 is 10.2 Å². The molecule has 0 spiro atoms. The highest BCUT2D eigenvalue weighted by Crippen LogP contribution is 2.19. The van der Waals surface area contributed by atoms with E-state index in [0.717, 1.165) is 18.9 Å². The second-order valence-corrected chi connectivity index (χ2v) is 8.85. The largest absolute Gasteiger partial charge is 0.357 e. The van der Waals surface area contributed by atoms with Crippen molar-refractivity contribution in [2.24, 2.45) is 0 Å². The number of hydrogen-bond donors (Lipinski definition) is 1. The predicted octanol–water partition coefficient (Wildman–Crippen LogP) is 0.739. The molecule has 132 valence electrons. The van der Waals surface area contributed by atoms with Gasteiger partial charge in [-0.25, -0.2) is 13.4 Å². The maximum absolute atomic E-state index is 12.1. The number of carbonyl (C=O) groups excluding carboxylic acids is 1. The average Bonchev–Trinajstić information content (AvgIpc) is 3.17. The van der Waals surface area contributed by atoms with Crippen LogP contribution in [0.4, 0.5) is 11.5 Å². The zero-order valence-corrected chi connectivity index (χ0v) is 14.8. The standard InChI is InChI=1S/C16H24N4O3S/c1-19(14-6-9-24(22,23)12-14)11-16(21)18-13-4-5-15(17-10-13)20-7-2-3-8-20/h4-5,10,14H,2-3,6-9,11-12H2,1H3,(H,18,21)/t14-/m0/s1. The van der Waals surface area contributed by atoms with E-state index in [0.29, 0.717) is 12.1 Å². The highest BCUT2D eigenvalue weighted by molar-refractivity contribution is 7.91. The van der Waals surface area contributed by atoms with E-state index in [1.807, 2.05) is 17.0 Å². The van der Waals surface area contributed by atoms with Crippen LogP contribution in [0.3, 0.4) is 0 Å². The molecule has 1 aromatic heterocycles. The number of anilines is 2. The summed E-state index contributed by atoms with van der Waals surface area (Å²) in [6.45, 7) is 2.25. The molecule has 0 unspecified atom stereocenters. The molecule has 1 amide bonds. The third-order valence-corrected chi connectivity index (χ3v) is 6.44. The number of sulfone groups is 1. The first kappa shape index (κ1) is 17.2. The second kappa shape index (κ2) is 7.06. The van der Waals surface area contributed by atoms with Crippen molar-refractivity contribution in [3.05, 3.63) is 18.3 Å². The van der Waals surface area contributed by atoms with Crippen LogP contribution >= 0.6 is 0 Å². The van der Waals surface area contributed by atoms with Crippen LogP contribution in [0, 0.1) is 0 Å². The predicted molar refractivity (Wildman–Crippen MR) is 94.0 cm³/mol. The molecular weight excluding hydrogens is 328 g/mol. The summed E-state index contributed by atoms with van der Waals surface area (Å²) in [7, 11) is -1.14. The number of nitrogens with one attached hydrogen (secondary N) is 1. The van der Waals surface area contributed by atoms with Crippen LogP contribution in [0.25, 0.3) is 0 Å². The Balaban J connectivity index is 1.51. The van der Waals surface area contributed by atoms with Crippen LogP contribution in [0.5, 0.6) is 0 Å². The smallest absolute Gasteiger partial charge is 0.238 e. The third-order valence-electron chi connectivity index (χ3n) is 4.69. The Hall–Kier alpha value is -1.67. The van der Waals surface area contributed by atoms with Gasteiger partial charge in [0, 0.05) is 19.1 Å². The highest BCUT2D eigenvalue weighted by Gasteiger charge is 2.31. The summed E-state index contributed by atoms with van der Waals surface area (Å²) in [5.74, 6) is 1.14. The summed E-state index contributed by atoms with van der Waals surface area (Å²) in [6.07, 6.45) is 4.66. The van der Waals surface area contributed by atoms with Gasteiger partial charge in [-0.15, -0.1) is 0 Å². The first-order valence-corrected chi connectivity index (χ1v) is 10.2. The Labute approximate surface area is 143 Å². The van der Waals surface area contributed by atoms with Gasteiger partial charge in [0.15, 0.2) is 9.84 Å². The molecule has 1 aromatic rings. The lowest BCUT2D eigenvalue weighted by Crippen LogP contribution is -2.38. The van der Waals surface area contributed by atoms with Crippen molar-refractivity contribution in [3.63, 3.8) is 0 Å². The van der Waals surface area contributed by atoms with Crippen LogP contribution in [0.15, 0.2) is 18.3 Å². The fourth-order valence-corrected chi connectivity index (χ4v) is 5.08. The third kappa shape index (κ3) is 4.24. The molecule has 2 aliphatic rings. The molecule has 2 fully saturated rings. The van der Waals surface area contributed by atoms with E-state index < -0.39 is 9.84 Å². The molecule has 3 rings (SSSR count). The second-order valence-electron chi connectivity index (χ2n) is 6.62. The molecule has 24 heavy (non-hydrogen) atoms. The van der Waals surface area contributed by atoms with Crippen LogP contribution in [-0.2, 0) is 14.6 Å². The maximum Gasteiger partial charge on any atom is 0.238 e. The van der Waals surface area contributed by atoms with E-state index in [9.17, 15) is 13.2 Å². The van der Waals surface area contributed by atoms with Crippen molar-refractivity contribution < 1.29 is 13.2 Å². The molecule has 0 saturated carbocycles. The molecule has 1 N–H and O–H groups in total. The average molecular weight is 352 g/mol. The number of likely N-dealkylation sites (N-methyl/N-ethyl adjacent to an activating group) is 1. The molecule has 0 radical (unpaired) electrons. The molecule has 8 heteroatoms. The Bertz CT molecular complexity index is 684. The summed E-state index contributed by atoms with van der Waals surface area (Å²) in [5.41, 5.74) is 0.662. The number of nitrogens with zero attached hydrogens (tertiary/aromatic N) is 3. The first-order chi connectivity index (χ1) is 11.4. The lowest BCUT2D eigenvalue weighted by atomic mass is 10.2. The van der Waals surface area contributed by atoms with Crippen molar-refractivity contribution in [3.8, 4) is 0 Å². The number of hydrogen-bond acceptors (Lipinski definition) is 6. The van der Waals surface area contributed by atoms with Gasteiger partial charge >= 0.3 is 0 Å². The lowest BCUT2D eigenvalue weighted by molar-refractivity contribution is -0.117. The summed E-state index contributed by atoms with van der Waals surface area (Å²) in [5, 5.41) is 2.82. The van der Waals surface area contributed by atoms with Crippen LogP contribution in [-0.4, -0.2) is 68.4 Å². The molecule has 7 nitrogen and oxygen atoms in total. The minimum atomic E-state index is -2.94. The van der Waals surface area contributed by atoms with E-state index in [1.54, 1.807) is 13.2 Å². The number of rotatable bonds is 5. The zero-order valence-electron chi connectivity index (χ0n) is 13.9. The van der Waals surface area contributed by atoms with E-state index in [4.69, 9.17) is 0 Å². The van der Waals surface area contributed by atoms with Crippen molar-refractivity contribution in [2.45, 2.75) is 25.3 Å². The topological polar surface area (TPSA) is 82.6 Å². The quantitative estimate of drug-likeness (QED) is 0.842. The molecule has 2 aliphatic heterocycles. The summed E-state index contributed by atoms with van der Waals surface area (Å²) in [4.78, 5) is 20.6. The number of pyridine rings is 1. The Kier molecular flexibility index (Phi) is 5.05. The van der Waals surface area contributed by atoms with Gasteiger partial charge in [-0.1, -0.05) is 0 Å². The van der Waals surface area contributed by atoms with Crippen LogP contribution in [0.1, 0.15) is 19.3 Å². The van der Waals surface area contributed by atoms with Crippen LogP contribution in [0.2, 0.25) is 0 Å². The van der Waals surface area contributed by atoms with E-state index in [-0.39, 0.29) is 30.0 Å². The number of aromatic nitrogens is 1. The normalized spacial score (nSPS) is 22.9. The molecule has 0 aliphatic carbocycles. The van der Waals surface area contributed by atoms with Gasteiger partial charge in [0.05, 0.1) is 29.9 Å². The number of amides is 1. The molecule has 0 aromatic carbocycles. The van der Waals surface area contributed by atoms with Gasteiger partial charge in [0.25, 0.3) is 0 Å².